The molecule has 0 saturated carbocycles. The van der Waals surface area contributed by atoms with Crippen LogP contribution in [0.25, 0.3) is 99.1 Å². The van der Waals surface area contributed by atoms with E-state index in [4.69, 9.17) is 0 Å². The van der Waals surface area contributed by atoms with Crippen LogP contribution in [0.3, 0.4) is 0 Å². The number of para-hydroxylation sites is 2. The second-order valence-corrected chi connectivity index (χ2v) is 13.8. The minimum absolute atomic E-state index is 1.16. The predicted molar refractivity (Wildman–Crippen MR) is 220 cm³/mol. The van der Waals surface area contributed by atoms with Crippen molar-refractivity contribution in [1.82, 2.24) is 9.13 Å². The van der Waals surface area contributed by atoms with Crippen molar-refractivity contribution in [3.63, 3.8) is 0 Å². The SMILES string of the molecule is c1ccc(-c2cc(-c3ccccc3)cc(-n3c4cccc5ccc6c(-c7ccc8c9ccccc9n(-c9ccccc9)c8c7)ccc3c6c54)c2)cc1. The average Bonchev–Trinajstić information content (AvgIpc) is 3.74. The third-order valence-electron chi connectivity index (χ3n) is 10.8. The van der Waals surface area contributed by atoms with Crippen LogP contribution in [-0.4, -0.2) is 9.13 Å². The lowest BCUT2D eigenvalue weighted by Crippen LogP contribution is -1.96. The van der Waals surface area contributed by atoms with Crippen LogP contribution >= 0.6 is 0 Å². The van der Waals surface area contributed by atoms with E-state index in [1.165, 1.54) is 93.5 Å². The van der Waals surface area contributed by atoms with Crippen LogP contribution in [-0.2, 0) is 0 Å². The van der Waals surface area contributed by atoms with Crippen molar-refractivity contribution < 1.29 is 0 Å². The van der Waals surface area contributed by atoms with Gasteiger partial charge in [0.05, 0.1) is 22.1 Å². The van der Waals surface area contributed by atoms with Crippen LogP contribution in [0.1, 0.15) is 0 Å². The molecule has 52 heavy (non-hydrogen) atoms. The molecule has 2 heteroatoms. The molecule has 0 aliphatic rings. The highest BCUT2D eigenvalue weighted by Crippen LogP contribution is 2.44. The lowest BCUT2D eigenvalue weighted by atomic mass is 9.94. The number of aromatic nitrogens is 2. The number of fused-ring (bicyclic) bond motifs is 3. The molecule has 0 aliphatic heterocycles. The van der Waals surface area contributed by atoms with Gasteiger partial charge in [0.15, 0.2) is 0 Å². The summed E-state index contributed by atoms with van der Waals surface area (Å²) in [5.41, 5.74) is 14.5. The highest BCUT2D eigenvalue weighted by atomic mass is 15.0. The summed E-state index contributed by atoms with van der Waals surface area (Å²) in [6, 6.07) is 71.0. The van der Waals surface area contributed by atoms with Gasteiger partial charge in [-0.05, 0) is 98.8 Å². The number of rotatable bonds is 5. The number of nitrogens with zero attached hydrogens (tertiary/aromatic N) is 2. The van der Waals surface area contributed by atoms with Gasteiger partial charge in [-0.2, -0.15) is 0 Å². The minimum atomic E-state index is 1.16. The normalized spacial score (nSPS) is 11.8. The highest BCUT2D eigenvalue weighted by Gasteiger charge is 2.21. The Morgan fingerprint density at radius 1 is 0.269 bits per heavy atom. The Kier molecular flexibility index (Phi) is 6.28. The Morgan fingerprint density at radius 2 is 0.865 bits per heavy atom. The van der Waals surface area contributed by atoms with Gasteiger partial charge in [0.25, 0.3) is 0 Å². The maximum atomic E-state index is 2.48. The topological polar surface area (TPSA) is 9.86 Å². The fraction of sp³-hybridized carbons (Fsp3) is 0. The Balaban J connectivity index is 1.17. The molecule has 0 aliphatic carbocycles. The lowest BCUT2D eigenvalue weighted by Gasteiger charge is -2.14. The monoisotopic (exact) mass is 660 g/mol. The van der Waals surface area contributed by atoms with E-state index in [0.717, 1.165) is 5.69 Å². The summed E-state index contributed by atoms with van der Waals surface area (Å²) in [5, 5.41) is 7.67. The fourth-order valence-electron chi connectivity index (χ4n) is 8.55. The molecule has 0 fully saturated rings. The van der Waals surface area contributed by atoms with Crippen molar-refractivity contribution in [1.29, 1.82) is 0 Å². The molecule has 242 valence electrons. The van der Waals surface area contributed by atoms with Gasteiger partial charge < -0.3 is 9.13 Å². The van der Waals surface area contributed by atoms with E-state index in [1.807, 2.05) is 0 Å². The molecule has 9 aromatic carbocycles. The lowest BCUT2D eigenvalue weighted by molar-refractivity contribution is 1.18. The Hall–Kier alpha value is -6.90. The standard InChI is InChI=1S/C50H32N2/c1-4-13-33(14-5-1)37-29-38(34-15-6-2-7-16-34)31-40(30-37)52-46-22-12-17-35-23-26-44-41(27-28-47(52)50(44)49(35)46)36-24-25-43-42-20-10-11-21-45(42)51(48(43)32-36)39-18-8-3-9-19-39/h1-32H. The van der Waals surface area contributed by atoms with E-state index in [2.05, 4.69) is 203 Å². The van der Waals surface area contributed by atoms with Crippen LogP contribution in [0, 0.1) is 0 Å². The Bertz CT molecular complexity index is 3040. The first-order valence-corrected chi connectivity index (χ1v) is 17.9. The van der Waals surface area contributed by atoms with Gasteiger partial charge in [-0.1, -0.05) is 140 Å². The van der Waals surface area contributed by atoms with E-state index in [1.54, 1.807) is 0 Å². The third-order valence-corrected chi connectivity index (χ3v) is 10.8. The van der Waals surface area contributed by atoms with Gasteiger partial charge >= 0.3 is 0 Å². The van der Waals surface area contributed by atoms with Gasteiger partial charge in [0, 0.05) is 32.9 Å². The second-order valence-electron chi connectivity index (χ2n) is 13.8. The van der Waals surface area contributed by atoms with Gasteiger partial charge in [0.1, 0.15) is 0 Å². The maximum absolute atomic E-state index is 2.48. The summed E-state index contributed by atoms with van der Waals surface area (Å²) in [5.74, 6) is 0. The van der Waals surface area contributed by atoms with Gasteiger partial charge in [-0.15, -0.1) is 0 Å². The van der Waals surface area contributed by atoms with Crippen molar-refractivity contribution in [3.05, 3.63) is 194 Å². The summed E-state index contributed by atoms with van der Waals surface area (Å²) in [6.45, 7) is 0. The summed E-state index contributed by atoms with van der Waals surface area (Å²) < 4.78 is 4.88. The van der Waals surface area contributed by atoms with Crippen LogP contribution in [0.15, 0.2) is 194 Å². The molecule has 0 atom stereocenters. The minimum Gasteiger partial charge on any atom is -0.309 e. The summed E-state index contributed by atoms with van der Waals surface area (Å²) in [7, 11) is 0. The smallest absolute Gasteiger partial charge is 0.0547 e. The third kappa shape index (κ3) is 4.31. The first-order valence-electron chi connectivity index (χ1n) is 17.9. The quantitative estimate of drug-likeness (QED) is 0.163. The molecule has 11 rings (SSSR count). The van der Waals surface area contributed by atoms with Crippen molar-refractivity contribution in [3.8, 4) is 44.8 Å². The van der Waals surface area contributed by atoms with Crippen LogP contribution in [0.4, 0.5) is 0 Å². The summed E-state index contributed by atoms with van der Waals surface area (Å²) in [4.78, 5) is 0. The van der Waals surface area contributed by atoms with Gasteiger partial charge in [0.2, 0.25) is 0 Å². The number of hydrogen-bond donors (Lipinski definition) is 0. The molecule has 0 amide bonds. The molecule has 0 bridgehead atoms. The zero-order chi connectivity index (χ0) is 34.2. The van der Waals surface area contributed by atoms with Crippen LogP contribution in [0.5, 0.6) is 0 Å². The fourth-order valence-corrected chi connectivity index (χ4v) is 8.55. The van der Waals surface area contributed by atoms with E-state index < -0.39 is 0 Å². The first kappa shape index (κ1) is 28.9. The van der Waals surface area contributed by atoms with Crippen LogP contribution in [0.2, 0.25) is 0 Å². The molecular formula is C50H32N2. The van der Waals surface area contributed by atoms with Crippen molar-refractivity contribution in [2.45, 2.75) is 0 Å². The molecule has 0 saturated heterocycles. The average molecular weight is 661 g/mol. The van der Waals surface area contributed by atoms with Crippen molar-refractivity contribution >= 4 is 54.4 Å². The predicted octanol–water partition coefficient (Wildman–Crippen LogP) is 13.5. The second kappa shape index (κ2) is 11.3. The van der Waals surface area contributed by atoms with Crippen molar-refractivity contribution in [2.24, 2.45) is 0 Å². The van der Waals surface area contributed by atoms with Crippen LogP contribution < -0.4 is 0 Å². The molecule has 0 unspecified atom stereocenters. The summed E-state index contributed by atoms with van der Waals surface area (Å²) in [6.07, 6.45) is 0. The van der Waals surface area contributed by atoms with Gasteiger partial charge in [-0.25, -0.2) is 0 Å². The van der Waals surface area contributed by atoms with E-state index in [9.17, 15) is 0 Å². The van der Waals surface area contributed by atoms with E-state index in [0.29, 0.717) is 0 Å². The first-order chi connectivity index (χ1) is 25.8. The van der Waals surface area contributed by atoms with Gasteiger partial charge in [-0.3, -0.25) is 0 Å². The molecule has 2 heterocycles. The largest absolute Gasteiger partial charge is 0.309 e. The molecule has 0 radical (unpaired) electrons. The molecule has 0 N–H and O–H groups in total. The van der Waals surface area contributed by atoms with E-state index >= 15 is 0 Å². The molecule has 2 nitrogen and oxygen atoms in total. The zero-order valence-corrected chi connectivity index (χ0v) is 28.4. The Morgan fingerprint density at radius 3 is 1.62 bits per heavy atom. The number of benzene rings is 9. The molecular weight excluding hydrogens is 629 g/mol. The zero-order valence-electron chi connectivity index (χ0n) is 28.4. The summed E-state index contributed by atoms with van der Waals surface area (Å²) >= 11 is 0. The highest BCUT2D eigenvalue weighted by molar-refractivity contribution is 6.27. The molecule has 2 aromatic heterocycles. The molecule has 11 aromatic rings. The number of hydrogen-bond acceptors (Lipinski definition) is 0. The molecule has 0 spiro atoms. The van der Waals surface area contributed by atoms with Crippen molar-refractivity contribution in [2.75, 3.05) is 0 Å². The Labute approximate surface area is 301 Å². The maximum Gasteiger partial charge on any atom is 0.0547 e. The van der Waals surface area contributed by atoms with E-state index in [-0.39, 0.29) is 0 Å².